The first kappa shape index (κ1) is 12.8. The highest BCUT2D eigenvalue weighted by Gasteiger charge is 2.09. The van der Waals surface area contributed by atoms with Gasteiger partial charge in [-0.15, -0.1) is 11.3 Å². The van der Waals surface area contributed by atoms with Crippen LogP contribution in [0.3, 0.4) is 0 Å². The molecule has 1 heterocycles. The average Bonchev–Trinajstić information content (AvgIpc) is 2.73. The summed E-state index contributed by atoms with van der Waals surface area (Å²) in [6.07, 6.45) is 0. The molecule has 0 atom stereocenters. The lowest BCUT2D eigenvalue weighted by atomic mass is 10.1. The molecule has 0 bridgehead atoms. The fourth-order valence-electron chi connectivity index (χ4n) is 1.70. The number of benzene rings is 1. The third-order valence-electron chi connectivity index (χ3n) is 2.58. The van der Waals surface area contributed by atoms with Crippen molar-refractivity contribution in [2.75, 3.05) is 0 Å². The lowest BCUT2D eigenvalue weighted by Crippen LogP contribution is -2.22. The maximum atomic E-state index is 3.61. The lowest BCUT2D eigenvalue weighted by Gasteiger charge is -2.12. The molecule has 3 heteroatoms. The van der Waals surface area contributed by atoms with Gasteiger partial charge in [0.15, 0.2) is 0 Å². The molecule has 0 unspecified atom stereocenters. The molecule has 2 aromatic rings. The molecule has 0 spiro atoms. The van der Waals surface area contributed by atoms with Crippen molar-refractivity contribution in [2.24, 2.45) is 0 Å². The fraction of sp³-hybridized carbons (Fsp3) is 0.286. The first-order valence-corrected chi connectivity index (χ1v) is 7.40. The van der Waals surface area contributed by atoms with Gasteiger partial charge < -0.3 is 5.32 Å². The van der Waals surface area contributed by atoms with Crippen LogP contribution in [0.15, 0.2) is 40.2 Å². The third-order valence-corrected chi connectivity index (χ3v) is 4.45. The predicted octanol–water partition coefficient (Wildman–Crippen LogP) is 4.68. The molecular formula is C14H16BrNS. The van der Waals surface area contributed by atoms with Gasteiger partial charge in [0.1, 0.15) is 0 Å². The van der Waals surface area contributed by atoms with E-state index in [9.17, 15) is 0 Å². The Hall–Kier alpha value is -0.640. The van der Waals surface area contributed by atoms with Crippen molar-refractivity contribution in [3.63, 3.8) is 0 Å². The fourth-order valence-corrected chi connectivity index (χ4v) is 3.34. The molecule has 0 aliphatic carbocycles. The van der Waals surface area contributed by atoms with Gasteiger partial charge in [0.05, 0.1) is 0 Å². The first-order valence-electron chi connectivity index (χ1n) is 5.73. The van der Waals surface area contributed by atoms with E-state index in [1.54, 1.807) is 11.3 Å². The SMILES string of the molecule is CC(C)NCc1ccccc1-c1sccc1Br. The van der Waals surface area contributed by atoms with Crippen LogP contribution in [0.1, 0.15) is 19.4 Å². The molecule has 0 radical (unpaired) electrons. The van der Waals surface area contributed by atoms with E-state index in [1.807, 2.05) is 0 Å². The normalized spacial score (nSPS) is 11.1. The quantitative estimate of drug-likeness (QED) is 0.865. The van der Waals surface area contributed by atoms with Gasteiger partial charge in [-0.2, -0.15) is 0 Å². The molecule has 0 saturated heterocycles. The molecule has 1 aromatic carbocycles. The molecule has 0 fully saturated rings. The number of halogens is 1. The van der Waals surface area contributed by atoms with E-state index in [4.69, 9.17) is 0 Å². The standard InChI is InChI=1S/C14H16BrNS/c1-10(2)16-9-11-5-3-4-6-12(11)14-13(15)7-8-17-14/h3-8,10,16H,9H2,1-2H3. The molecule has 1 nitrogen and oxygen atoms in total. The summed E-state index contributed by atoms with van der Waals surface area (Å²) < 4.78 is 1.18. The predicted molar refractivity (Wildman–Crippen MR) is 79.4 cm³/mol. The molecule has 0 aliphatic heterocycles. The van der Waals surface area contributed by atoms with Crippen molar-refractivity contribution in [3.05, 3.63) is 45.7 Å². The lowest BCUT2D eigenvalue weighted by molar-refractivity contribution is 0.589. The van der Waals surface area contributed by atoms with E-state index in [1.165, 1.54) is 20.5 Å². The molecule has 0 amide bonds. The first-order chi connectivity index (χ1) is 8.18. The van der Waals surface area contributed by atoms with Crippen LogP contribution >= 0.6 is 27.3 Å². The second kappa shape index (κ2) is 5.80. The minimum atomic E-state index is 0.509. The van der Waals surface area contributed by atoms with Gasteiger partial charge in [0.2, 0.25) is 0 Å². The number of hydrogen-bond donors (Lipinski definition) is 1. The van der Waals surface area contributed by atoms with Crippen LogP contribution in [-0.4, -0.2) is 6.04 Å². The van der Waals surface area contributed by atoms with E-state index in [0.717, 1.165) is 6.54 Å². The second-order valence-corrected chi connectivity index (χ2v) is 6.06. The monoisotopic (exact) mass is 309 g/mol. The molecule has 0 saturated carbocycles. The van der Waals surface area contributed by atoms with Crippen LogP contribution < -0.4 is 5.32 Å². The summed E-state index contributed by atoms with van der Waals surface area (Å²) in [4.78, 5) is 1.31. The number of hydrogen-bond acceptors (Lipinski definition) is 2. The van der Waals surface area contributed by atoms with Gasteiger partial charge in [-0.1, -0.05) is 38.1 Å². The Kier molecular flexibility index (Phi) is 4.37. The van der Waals surface area contributed by atoms with Crippen LogP contribution in [0.4, 0.5) is 0 Å². The van der Waals surface area contributed by atoms with E-state index in [0.29, 0.717) is 6.04 Å². The van der Waals surface area contributed by atoms with Crippen molar-refractivity contribution < 1.29 is 0 Å². The second-order valence-electron chi connectivity index (χ2n) is 4.29. The summed E-state index contributed by atoms with van der Waals surface area (Å²) in [7, 11) is 0. The minimum absolute atomic E-state index is 0.509. The average molecular weight is 310 g/mol. The summed E-state index contributed by atoms with van der Waals surface area (Å²) in [5.41, 5.74) is 2.67. The van der Waals surface area contributed by atoms with Crippen molar-refractivity contribution in [2.45, 2.75) is 26.4 Å². The zero-order chi connectivity index (χ0) is 12.3. The van der Waals surface area contributed by atoms with E-state index in [-0.39, 0.29) is 0 Å². The van der Waals surface area contributed by atoms with Crippen molar-refractivity contribution >= 4 is 27.3 Å². The Morgan fingerprint density at radius 3 is 2.65 bits per heavy atom. The van der Waals surface area contributed by atoms with E-state index < -0.39 is 0 Å². The summed E-state index contributed by atoms with van der Waals surface area (Å²) in [5, 5.41) is 5.59. The molecule has 90 valence electrons. The maximum absolute atomic E-state index is 3.61. The largest absolute Gasteiger partial charge is 0.310 e. The maximum Gasteiger partial charge on any atom is 0.0488 e. The highest BCUT2D eigenvalue weighted by molar-refractivity contribution is 9.10. The zero-order valence-electron chi connectivity index (χ0n) is 10.0. The number of rotatable bonds is 4. The van der Waals surface area contributed by atoms with E-state index in [2.05, 4.69) is 70.8 Å². The Bertz CT molecular complexity index is 490. The summed E-state index contributed by atoms with van der Waals surface area (Å²) in [6, 6.07) is 11.2. The van der Waals surface area contributed by atoms with Crippen molar-refractivity contribution in [3.8, 4) is 10.4 Å². The van der Waals surface area contributed by atoms with Crippen LogP contribution in [0.2, 0.25) is 0 Å². The summed E-state index contributed by atoms with van der Waals surface area (Å²) >= 11 is 5.38. The Balaban J connectivity index is 2.31. The van der Waals surface area contributed by atoms with Gasteiger partial charge in [-0.05, 0) is 38.5 Å². The van der Waals surface area contributed by atoms with Gasteiger partial charge in [-0.3, -0.25) is 0 Å². The smallest absolute Gasteiger partial charge is 0.0488 e. The topological polar surface area (TPSA) is 12.0 Å². The third kappa shape index (κ3) is 3.18. The van der Waals surface area contributed by atoms with Gasteiger partial charge >= 0.3 is 0 Å². The minimum Gasteiger partial charge on any atom is -0.310 e. The molecular weight excluding hydrogens is 294 g/mol. The number of thiophene rings is 1. The molecule has 0 aliphatic rings. The van der Waals surface area contributed by atoms with Gasteiger partial charge in [0.25, 0.3) is 0 Å². The highest BCUT2D eigenvalue weighted by Crippen LogP contribution is 2.35. The molecule has 1 N–H and O–H groups in total. The zero-order valence-corrected chi connectivity index (χ0v) is 12.4. The highest BCUT2D eigenvalue weighted by atomic mass is 79.9. The van der Waals surface area contributed by atoms with E-state index >= 15 is 0 Å². The van der Waals surface area contributed by atoms with Gasteiger partial charge in [0, 0.05) is 21.9 Å². The number of nitrogens with one attached hydrogen (secondary N) is 1. The Morgan fingerprint density at radius 2 is 2.00 bits per heavy atom. The molecule has 1 aromatic heterocycles. The van der Waals surface area contributed by atoms with Crippen molar-refractivity contribution in [1.29, 1.82) is 0 Å². The molecule has 17 heavy (non-hydrogen) atoms. The summed E-state index contributed by atoms with van der Waals surface area (Å²) in [5.74, 6) is 0. The van der Waals surface area contributed by atoms with Crippen molar-refractivity contribution in [1.82, 2.24) is 5.32 Å². The van der Waals surface area contributed by atoms with Crippen LogP contribution in [-0.2, 0) is 6.54 Å². The summed E-state index contributed by atoms with van der Waals surface area (Å²) in [6.45, 7) is 5.26. The van der Waals surface area contributed by atoms with Crippen LogP contribution in [0.25, 0.3) is 10.4 Å². The van der Waals surface area contributed by atoms with Gasteiger partial charge in [-0.25, -0.2) is 0 Å². The van der Waals surface area contributed by atoms with Crippen LogP contribution in [0.5, 0.6) is 0 Å². The Labute approximate surface area is 115 Å². The van der Waals surface area contributed by atoms with Crippen LogP contribution in [0, 0.1) is 0 Å². The molecule has 2 rings (SSSR count). The Morgan fingerprint density at radius 1 is 1.24 bits per heavy atom.